The fourth-order valence-corrected chi connectivity index (χ4v) is 4.30. The summed E-state index contributed by atoms with van der Waals surface area (Å²) in [6.07, 6.45) is 0.785. The topological polar surface area (TPSA) is 84.3 Å². The number of amides is 1. The van der Waals surface area contributed by atoms with Gasteiger partial charge in [0, 0.05) is 31.4 Å². The summed E-state index contributed by atoms with van der Waals surface area (Å²) in [6.45, 7) is 7.08. The van der Waals surface area contributed by atoms with E-state index in [1.165, 1.54) is 0 Å². The zero-order chi connectivity index (χ0) is 17.2. The molecule has 7 nitrogen and oxygen atoms in total. The van der Waals surface area contributed by atoms with Gasteiger partial charge in [0.25, 0.3) is 0 Å². The molecule has 23 heavy (non-hydrogen) atoms. The number of carbonyl (C=O) groups excluding carboxylic acids is 1. The molecule has 1 aliphatic heterocycles. The normalized spacial score (nSPS) is 19.5. The third kappa shape index (κ3) is 4.32. The first-order valence-corrected chi connectivity index (χ1v) is 9.78. The number of hydrogen-bond acceptors (Lipinski definition) is 5. The Balaban J connectivity index is 1.98. The molecule has 1 unspecified atom stereocenters. The van der Waals surface area contributed by atoms with Crippen molar-refractivity contribution in [3.63, 3.8) is 0 Å². The third-order valence-corrected chi connectivity index (χ3v) is 6.07. The van der Waals surface area contributed by atoms with Gasteiger partial charge in [0.15, 0.2) is 9.84 Å². The zero-order valence-electron chi connectivity index (χ0n) is 14.3. The number of carbonyl (C=O) groups is 1. The van der Waals surface area contributed by atoms with E-state index in [0.29, 0.717) is 13.1 Å². The molecule has 130 valence electrons. The fourth-order valence-electron chi connectivity index (χ4n) is 3.02. The Labute approximate surface area is 138 Å². The summed E-state index contributed by atoms with van der Waals surface area (Å²) >= 11 is 0. The molecule has 2 heterocycles. The molecule has 1 fully saturated rings. The van der Waals surface area contributed by atoms with Crippen LogP contribution in [0.3, 0.4) is 0 Å². The summed E-state index contributed by atoms with van der Waals surface area (Å²) < 4.78 is 24.7. The van der Waals surface area contributed by atoms with E-state index in [4.69, 9.17) is 0 Å². The highest BCUT2D eigenvalue weighted by molar-refractivity contribution is 7.91. The molecule has 1 amide bonds. The van der Waals surface area contributed by atoms with E-state index in [2.05, 4.69) is 10.4 Å². The Bertz CT molecular complexity index is 667. The van der Waals surface area contributed by atoms with Crippen molar-refractivity contribution in [2.75, 3.05) is 31.1 Å². The number of hydrogen-bond donors (Lipinski definition) is 1. The molecule has 1 aromatic heterocycles. The van der Waals surface area contributed by atoms with Crippen LogP contribution in [-0.4, -0.2) is 60.1 Å². The Hall–Kier alpha value is -1.41. The second-order valence-corrected chi connectivity index (χ2v) is 8.47. The van der Waals surface area contributed by atoms with E-state index in [1.807, 2.05) is 37.4 Å². The molecule has 1 aromatic rings. The maximum Gasteiger partial charge on any atom is 0.234 e. The SMILES string of the molecule is CCC(NC(=O)CN1CCS(=O)(=O)CC1)c1c(C)nn(C)c1C. The number of nitrogens with one attached hydrogen (secondary N) is 1. The van der Waals surface area contributed by atoms with E-state index in [0.717, 1.165) is 23.4 Å². The van der Waals surface area contributed by atoms with Crippen LogP contribution in [0.5, 0.6) is 0 Å². The quantitative estimate of drug-likeness (QED) is 0.834. The highest BCUT2D eigenvalue weighted by Crippen LogP contribution is 2.23. The van der Waals surface area contributed by atoms with Crippen molar-refractivity contribution < 1.29 is 13.2 Å². The largest absolute Gasteiger partial charge is 0.348 e. The molecule has 1 saturated heterocycles. The molecule has 2 rings (SSSR count). The molecule has 1 atom stereocenters. The van der Waals surface area contributed by atoms with Gasteiger partial charge in [-0.15, -0.1) is 0 Å². The Morgan fingerprint density at radius 3 is 2.39 bits per heavy atom. The smallest absolute Gasteiger partial charge is 0.234 e. The second-order valence-electron chi connectivity index (χ2n) is 6.16. The maximum absolute atomic E-state index is 12.3. The van der Waals surface area contributed by atoms with Gasteiger partial charge < -0.3 is 5.32 Å². The lowest BCUT2D eigenvalue weighted by Crippen LogP contribution is -2.46. The van der Waals surface area contributed by atoms with Gasteiger partial charge in [-0.05, 0) is 20.3 Å². The number of rotatable bonds is 5. The minimum Gasteiger partial charge on any atom is -0.348 e. The standard InChI is InChI=1S/C15H26N4O3S/c1-5-13(15-11(2)17-18(4)12(15)3)16-14(20)10-19-6-8-23(21,22)9-7-19/h13H,5-10H2,1-4H3,(H,16,20). The van der Waals surface area contributed by atoms with Gasteiger partial charge in [0.05, 0.1) is 29.8 Å². The van der Waals surface area contributed by atoms with E-state index >= 15 is 0 Å². The minimum absolute atomic E-state index is 0.0651. The van der Waals surface area contributed by atoms with E-state index in [9.17, 15) is 13.2 Å². The highest BCUT2D eigenvalue weighted by atomic mass is 32.2. The monoisotopic (exact) mass is 342 g/mol. The van der Waals surface area contributed by atoms with Gasteiger partial charge in [0.1, 0.15) is 0 Å². The van der Waals surface area contributed by atoms with Crippen molar-refractivity contribution in [3.05, 3.63) is 17.0 Å². The second kappa shape index (κ2) is 7.00. The molecule has 0 saturated carbocycles. The van der Waals surface area contributed by atoms with Crippen molar-refractivity contribution in [1.82, 2.24) is 20.0 Å². The van der Waals surface area contributed by atoms with Crippen molar-refractivity contribution >= 4 is 15.7 Å². The molecular formula is C15H26N4O3S. The zero-order valence-corrected chi connectivity index (χ0v) is 15.1. The molecule has 0 radical (unpaired) electrons. The molecule has 1 aliphatic rings. The minimum atomic E-state index is -2.92. The van der Waals surface area contributed by atoms with Crippen molar-refractivity contribution in [2.45, 2.75) is 33.2 Å². The van der Waals surface area contributed by atoms with E-state index in [-0.39, 0.29) is 30.0 Å². The summed E-state index contributed by atoms with van der Waals surface area (Å²) in [4.78, 5) is 14.2. The van der Waals surface area contributed by atoms with Gasteiger partial charge in [-0.2, -0.15) is 5.10 Å². The van der Waals surface area contributed by atoms with Crippen LogP contribution in [0.15, 0.2) is 0 Å². The molecular weight excluding hydrogens is 316 g/mol. The molecule has 1 N–H and O–H groups in total. The molecule has 0 spiro atoms. The lowest BCUT2D eigenvalue weighted by atomic mass is 10.0. The molecule has 0 aromatic carbocycles. The van der Waals surface area contributed by atoms with Gasteiger partial charge in [-0.1, -0.05) is 6.92 Å². The number of nitrogens with zero attached hydrogens (tertiary/aromatic N) is 3. The van der Waals surface area contributed by atoms with Crippen LogP contribution >= 0.6 is 0 Å². The average molecular weight is 342 g/mol. The van der Waals surface area contributed by atoms with Crippen LogP contribution in [0, 0.1) is 13.8 Å². The number of aryl methyl sites for hydroxylation is 2. The first-order chi connectivity index (χ1) is 10.7. The van der Waals surface area contributed by atoms with Gasteiger partial charge in [0.2, 0.25) is 5.91 Å². The number of sulfone groups is 1. The lowest BCUT2D eigenvalue weighted by Gasteiger charge is -2.27. The van der Waals surface area contributed by atoms with Gasteiger partial charge >= 0.3 is 0 Å². The summed E-state index contributed by atoms with van der Waals surface area (Å²) in [5, 5.41) is 7.47. The van der Waals surface area contributed by atoms with Crippen LogP contribution in [0.4, 0.5) is 0 Å². The summed E-state index contributed by atoms with van der Waals surface area (Å²) in [6, 6.07) is -0.0651. The summed E-state index contributed by atoms with van der Waals surface area (Å²) in [5.41, 5.74) is 3.06. The predicted octanol–water partition coefficient (Wildman–Crippen LogP) is 0.335. The van der Waals surface area contributed by atoms with Gasteiger partial charge in [-0.25, -0.2) is 8.42 Å². The summed E-state index contributed by atoms with van der Waals surface area (Å²) in [7, 11) is -1.02. The summed E-state index contributed by atoms with van der Waals surface area (Å²) in [5.74, 6) is 0.204. The van der Waals surface area contributed by atoms with Crippen molar-refractivity contribution in [3.8, 4) is 0 Å². The van der Waals surface area contributed by atoms with Crippen molar-refractivity contribution in [2.24, 2.45) is 7.05 Å². The van der Waals surface area contributed by atoms with E-state index < -0.39 is 9.84 Å². The maximum atomic E-state index is 12.3. The van der Waals surface area contributed by atoms with Crippen LogP contribution in [-0.2, 0) is 21.7 Å². The average Bonchev–Trinajstić information content (AvgIpc) is 2.72. The number of aromatic nitrogens is 2. The molecule has 8 heteroatoms. The third-order valence-electron chi connectivity index (χ3n) is 4.46. The van der Waals surface area contributed by atoms with Crippen LogP contribution < -0.4 is 5.32 Å². The fraction of sp³-hybridized carbons (Fsp3) is 0.733. The van der Waals surface area contributed by atoms with Gasteiger partial charge in [-0.3, -0.25) is 14.4 Å². The van der Waals surface area contributed by atoms with Crippen LogP contribution in [0.25, 0.3) is 0 Å². The lowest BCUT2D eigenvalue weighted by molar-refractivity contribution is -0.123. The van der Waals surface area contributed by atoms with E-state index in [1.54, 1.807) is 0 Å². The Morgan fingerprint density at radius 2 is 1.91 bits per heavy atom. The first kappa shape index (κ1) is 17.9. The van der Waals surface area contributed by atoms with Crippen molar-refractivity contribution in [1.29, 1.82) is 0 Å². The van der Waals surface area contributed by atoms with Crippen LogP contribution in [0.2, 0.25) is 0 Å². The Kier molecular flexibility index (Phi) is 5.46. The molecule has 0 aliphatic carbocycles. The highest BCUT2D eigenvalue weighted by Gasteiger charge is 2.25. The molecule has 0 bridgehead atoms. The Morgan fingerprint density at radius 1 is 1.30 bits per heavy atom. The predicted molar refractivity (Wildman–Crippen MR) is 89.0 cm³/mol. The first-order valence-electron chi connectivity index (χ1n) is 7.95. The van der Waals surface area contributed by atoms with Crippen LogP contribution in [0.1, 0.15) is 36.3 Å².